The van der Waals surface area contributed by atoms with Gasteiger partial charge in [0.25, 0.3) is 0 Å². The van der Waals surface area contributed by atoms with E-state index in [0.717, 1.165) is 17.1 Å². The highest BCUT2D eigenvalue weighted by Gasteiger charge is 2.33. The first kappa shape index (κ1) is 26.9. The lowest BCUT2D eigenvalue weighted by Gasteiger charge is -2.28. The number of aryl methyl sites for hydroxylation is 1. The zero-order valence-corrected chi connectivity index (χ0v) is 25.7. The Morgan fingerprint density at radius 3 is 2.16 bits per heavy atom. The molecule has 7 aromatic carbocycles. The summed E-state index contributed by atoms with van der Waals surface area (Å²) in [5.41, 5.74) is 10.2. The van der Waals surface area contributed by atoms with Crippen molar-refractivity contribution in [3.63, 3.8) is 0 Å². The first-order valence-electron chi connectivity index (χ1n) is 15.5. The average Bonchev–Trinajstić information content (AvgIpc) is 3.31. The van der Waals surface area contributed by atoms with Crippen molar-refractivity contribution in [2.45, 2.75) is 26.2 Å². The Hall–Kier alpha value is -5.65. The summed E-state index contributed by atoms with van der Waals surface area (Å²) in [6.45, 7) is 6.85. The van der Waals surface area contributed by atoms with Gasteiger partial charge in [-0.3, -0.25) is 0 Å². The minimum absolute atomic E-state index is 0.0376. The van der Waals surface area contributed by atoms with Crippen LogP contribution in [0.15, 0.2) is 127 Å². The maximum absolute atomic E-state index is 9.42. The second-order valence-corrected chi connectivity index (χ2v) is 12.6. The standard InChI is InChI=1S/C43H32N2/c1-28-9-4-7-14-39(28)45(34-22-16-29(27-44)17-23-34)40-24-21-31(35-11-5-6-12-36(35)40)18-15-30-25-33-20-19-32-10-8-13-37-41(32)42(33)38(26-30)43(37,2)3/h4-26H,1-3H3/b18-15+. The lowest BCUT2D eigenvalue weighted by molar-refractivity contribution is 0.662. The van der Waals surface area contributed by atoms with E-state index in [1.54, 1.807) is 0 Å². The van der Waals surface area contributed by atoms with Crippen molar-refractivity contribution in [1.29, 1.82) is 5.26 Å². The summed E-state index contributed by atoms with van der Waals surface area (Å²) >= 11 is 0. The van der Waals surface area contributed by atoms with Gasteiger partial charge in [-0.25, -0.2) is 0 Å². The quantitative estimate of drug-likeness (QED) is 0.150. The molecular weight excluding hydrogens is 544 g/mol. The van der Waals surface area contributed by atoms with E-state index < -0.39 is 0 Å². The van der Waals surface area contributed by atoms with E-state index in [1.165, 1.54) is 60.1 Å². The van der Waals surface area contributed by atoms with Gasteiger partial charge < -0.3 is 4.90 Å². The van der Waals surface area contributed by atoms with E-state index in [9.17, 15) is 5.26 Å². The highest BCUT2D eigenvalue weighted by Crippen LogP contribution is 2.49. The number of benzene rings is 7. The van der Waals surface area contributed by atoms with Crippen molar-refractivity contribution in [3.05, 3.63) is 161 Å². The third-order valence-corrected chi connectivity index (χ3v) is 9.57. The molecule has 0 radical (unpaired) electrons. The lowest BCUT2D eigenvalue weighted by Crippen LogP contribution is -2.15. The molecule has 8 rings (SSSR count). The molecule has 2 nitrogen and oxygen atoms in total. The zero-order valence-electron chi connectivity index (χ0n) is 25.7. The van der Waals surface area contributed by atoms with Crippen LogP contribution in [-0.4, -0.2) is 0 Å². The first-order valence-corrected chi connectivity index (χ1v) is 15.5. The van der Waals surface area contributed by atoms with Gasteiger partial charge in [-0.1, -0.05) is 111 Å². The Bertz CT molecular complexity index is 2370. The van der Waals surface area contributed by atoms with Crippen LogP contribution in [0.1, 0.15) is 47.2 Å². The van der Waals surface area contributed by atoms with Crippen LogP contribution in [0.5, 0.6) is 0 Å². The summed E-state index contributed by atoms with van der Waals surface area (Å²) in [4.78, 5) is 2.30. The largest absolute Gasteiger partial charge is 0.310 e. The van der Waals surface area contributed by atoms with Crippen LogP contribution in [0, 0.1) is 18.3 Å². The Balaban J connectivity index is 1.25. The number of fused-ring (bicyclic) bond motifs is 1. The summed E-state index contributed by atoms with van der Waals surface area (Å²) in [7, 11) is 0. The molecule has 0 bridgehead atoms. The molecule has 0 amide bonds. The smallest absolute Gasteiger partial charge is 0.0991 e. The monoisotopic (exact) mass is 576 g/mol. The molecule has 0 atom stereocenters. The van der Waals surface area contributed by atoms with E-state index in [2.05, 4.69) is 147 Å². The van der Waals surface area contributed by atoms with Crippen LogP contribution in [0.3, 0.4) is 0 Å². The number of para-hydroxylation sites is 1. The topological polar surface area (TPSA) is 27.0 Å². The van der Waals surface area contributed by atoms with Gasteiger partial charge in [-0.05, 0) is 104 Å². The summed E-state index contributed by atoms with van der Waals surface area (Å²) in [5, 5.41) is 17.2. The fourth-order valence-electron chi connectivity index (χ4n) is 7.26. The molecule has 0 heterocycles. The lowest BCUT2D eigenvalue weighted by atomic mass is 9.81. The van der Waals surface area contributed by atoms with Crippen LogP contribution in [0.25, 0.3) is 44.5 Å². The van der Waals surface area contributed by atoms with E-state index >= 15 is 0 Å². The van der Waals surface area contributed by atoms with Crippen molar-refractivity contribution in [1.82, 2.24) is 0 Å². The fraction of sp³-hybridized carbons (Fsp3) is 0.0930. The average molecular weight is 577 g/mol. The van der Waals surface area contributed by atoms with Crippen molar-refractivity contribution in [3.8, 4) is 6.07 Å². The van der Waals surface area contributed by atoms with Gasteiger partial charge in [0, 0.05) is 22.2 Å². The van der Waals surface area contributed by atoms with Gasteiger partial charge in [0.1, 0.15) is 0 Å². The van der Waals surface area contributed by atoms with Gasteiger partial charge in [-0.15, -0.1) is 0 Å². The highest BCUT2D eigenvalue weighted by molar-refractivity contribution is 6.15. The van der Waals surface area contributed by atoms with Crippen LogP contribution in [0.4, 0.5) is 17.1 Å². The molecule has 0 fully saturated rings. The predicted octanol–water partition coefficient (Wildman–Crippen LogP) is 11.6. The Kier molecular flexibility index (Phi) is 6.12. The van der Waals surface area contributed by atoms with Gasteiger partial charge in [0.05, 0.1) is 17.3 Å². The maximum atomic E-state index is 9.42. The highest BCUT2D eigenvalue weighted by atomic mass is 15.1. The van der Waals surface area contributed by atoms with Crippen molar-refractivity contribution >= 4 is 61.5 Å². The molecule has 0 aromatic heterocycles. The molecule has 214 valence electrons. The molecule has 1 aliphatic carbocycles. The Labute approximate surface area is 264 Å². The molecule has 0 N–H and O–H groups in total. The molecule has 7 aromatic rings. The van der Waals surface area contributed by atoms with Gasteiger partial charge in [0.2, 0.25) is 0 Å². The van der Waals surface area contributed by atoms with Crippen molar-refractivity contribution < 1.29 is 0 Å². The second-order valence-electron chi connectivity index (χ2n) is 12.6. The normalized spacial score (nSPS) is 13.3. The second kappa shape index (κ2) is 10.2. The summed E-state index contributed by atoms with van der Waals surface area (Å²) in [6.07, 6.45) is 4.52. The third kappa shape index (κ3) is 4.24. The maximum Gasteiger partial charge on any atom is 0.0991 e. The minimum Gasteiger partial charge on any atom is -0.310 e. The molecule has 0 aliphatic heterocycles. The van der Waals surface area contributed by atoms with E-state index in [4.69, 9.17) is 0 Å². The Morgan fingerprint density at radius 1 is 0.622 bits per heavy atom. The van der Waals surface area contributed by atoms with Crippen molar-refractivity contribution in [2.75, 3.05) is 4.90 Å². The molecule has 2 heteroatoms. The SMILES string of the molecule is Cc1ccccc1N(c1ccc(C#N)cc1)c1ccc(/C=C/c2cc3c4c(ccc5cccc(c54)C3(C)C)c2)c2ccccc12. The summed E-state index contributed by atoms with van der Waals surface area (Å²) < 4.78 is 0. The van der Waals surface area contributed by atoms with Gasteiger partial charge in [-0.2, -0.15) is 5.26 Å². The van der Waals surface area contributed by atoms with Gasteiger partial charge >= 0.3 is 0 Å². The molecule has 0 unspecified atom stereocenters. The Morgan fingerprint density at radius 2 is 1.36 bits per heavy atom. The van der Waals surface area contributed by atoms with E-state index in [0.29, 0.717) is 5.56 Å². The van der Waals surface area contributed by atoms with E-state index in [1.807, 2.05) is 24.3 Å². The number of hydrogen-bond donors (Lipinski definition) is 0. The molecule has 45 heavy (non-hydrogen) atoms. The van der Waals surface area contributed by atoms with Crippen LogP contribution in [0.2, 0.25) is 0 Å². The fourth-order valence-corrected chi connectivity index (χ4v) is 7.26. The van der Waals surface area contributed by atoms with E-state index in [-0.39, 0.29) is 5.41 Å². The predicted molar refractivity (Wildman–Crippen MR) is 191 cm³/mol. The summed E-state index contributed by atoms with van der Waals surface area (Å²) in [6, 6.07) is 47.6. The first-order chi connectivity index (χ1) is 21.9. The van der Waals surface area contributed by atoms with Gasteiger partial charge in [0.15, 0.2) is 0 Å². The van der Waals surface area contributed by atoms with Crippen LogP contribution < -0.4 is 4.90 Å². The summed E-state index contributed by atoms with van der Waals surface area (Å²) in [5.74, 6) is 0. The molecule has 0 saturated carbocycles. The molecule has 0 saturated heterocycles. The van der Waals surface area contributed by atoms with Crippen LogP contribution >= 0.6 is 0 Å². The number of nitrogens with zero attached hydrogens (tertiary/aromatic N) is 2. The molecular formula is C43H32N2. The number of hydrogen-bond acceptors (Lipinski definition) is 2. The molecule has 0 spiro atoms. The number of anilines is 3. The molecule has 1 aliphatic rings. The number of rotatable bonds is 5. The zero-order chi connectivity index (χ0) is 30.7. The minimum atomic E-state index is -0.0376. The van der Waals surface area contributed by atoms with Crippen molar-refractivity contribution in [2.24, 2.45) is 0 Å². The van der Waals surface area contributed by atoms with Crippen LogP contribution in [-0.2, 0) is 5.41 Å². The number of nitriles is 1. The third-order valence-electron chi connectivity index (χ3n) is 9.57.